The Morgan fingerprint density at radius 3 is 2.00 bits per heavy atom. The molecule has 0 aliphatic rings. The molecule has 4 nitrogen and oxygen atoms in total. The fourth-order valence-electron chi connectivity index (χ4n) is 0.0796. The molecule has 2 N–H and O–H groups in total. The molecule has 0 amide bonds. The number of hydrogen-bond donors (Lipinski definition) is 2. The van der Waals surface area contributed by atoms with Gasteiger partial charge in [0.05, 0.1) is 0 Å². The predicted octanol–water partition coefficient (Wildman–Crippen LogP) is -0.372. The van der Waals surface area contributed by atoms with Crippen LogP contribution in [0.1, 0.15) is 0 Å². The molecule has 1 unspecified atom stereocenters. The van der Waals surface area contributed by atoms with Gasteiger partial charge >= 0.3 is 0 Å². The summed E-state index contributed by atoms with van der Waals surface area (Å²) < 4.78 is 27.7. The average Bonchev–Trinajstić information content (AvgIpc) is 1.62. The molecule has 0 radical (unpaired) electrons. The second kappa shape index (κ2) is 2.95. The highest BCUT2D eigenvalue weighted by Crippen LogP contribution is 1.97. The fourth-order valence-corrected chi connectivity index (χ4v) is 1.60. The topological polar surface area (TPSA) is 74.6 Å². The Labute approximate surface area is 60.8 Å². The van der Waals surface area contributed by atoms with Crippen LogP contribution in [0.2, 0.25) is 0 Å². The van der Waals surface area contributed by atoms with Crippen LogP contribution in [-0.4, -0.2) is 27.9 Å². The van der Waals surface area contributed by atoms with Crippen molar-refractivity contribution in [2.45, 2.75) is 5.44 Å². The minimum atomic E-state index is -4.20. The Morgan fingerprint density at radius 1 is 1.62 bits per heavy atom. The summed E-state index contributed by atoms with van der Waals surface area (Å²) in [5.41, 5.74) is -1.64. The van der Waals surface area contributed by atoms with Crippen molar-refractivity contribution in [3.8, 4) is 0 Å². The number of alkyl halides is 1. The Bertz CT molecular complexity index is 149. The highest BCUT2D eigenvalue weighted by atomic mass is 127. The van der Waals surface area contributed by atoms with Crippen LogP contribution in [0, 0.1) is 0 Å². The lowest BCUT2D eigenvalue weighted by Crippen LogP contribution is -2.20. The lowest BCUT2D eigenvalue weighted by Gasteiger charge is -1.98. The summed E-state index contributed by atoms with van der Waals surface area (Å²) in [6.07, 6.45) is 0. The monoisotopic (exact) mass is 252 g/mol. The van der Waals surface area contributed by atoms with Crippen LogP contribution in [-0.2, 0) is 10.1 Å². The fraction of sp³-hybridized carbons (Fsp3) is 1.00. The van der Waals surface area contributed by atoms with Gasteiger partial charge in [0.2, 0.25) is 0 Å². The summed E-state index contributed by atoms with van der Waals surface area (Å²) in [6.45, 7) is 0. The molecule has 0 spiro atoms. The van der Waals surface area contributed by atoms with E-state index in [1.807, 2.05) is 0 Å². The van der Waals surface area contributed by atoms with Crippen molar-refractivity contribution in [2.24, 2.45) is 0 Å². The van der Waals surface area contributed by atoms with Crippen molar-refractivity contribution in [3.63, 3.8) is 0 Å². The molecule has 0 fully saturated rings. The van der Waals surface area contributed by atoms with Gasteiger partial charge in [0.1, 0.15) is 0 Å². The lowest BCUT2D eigenvalue weighted by molar-refractivity contribution is 0.258. The third-order valence-electron chi connectivity index (χ3n) is 0.476. The van der Waals surface area contributed by atoms with Gasteiger partial charge in [-0.2, -0.15) is 8.42 Å². The van der Waals surface area contributed by atoms with E-state index in [2.05, 4.69) is 0 Å². The Hall–Kier alpha value is 0.600. The second-order valence-corrected chi connectivity index (χ2v) is 3.58. The first kappa shape index (κ1) is 8.60. The van der Waals surface area contributed by atoms with Gasteiger partial charge in [0.25, 0.3) is 10.1 Å². The standard InChI is InChI=1S/C2H5IO4S/c3-1-2(4)8(5,6)7/h2,4H,1H2,(H,5,6,7). The van der Waals surface area contributed by atoms with E-state index in [4.69, 9.17) is 9.66 Å². The summed E-state index contributed by atoms with van der Waals surface area (Å²) in [4.78, 5) is 0. The zero-order valence-electron chi connectivity index (χ0n) is 3.78. The first-order chi connectivity index (χ1) is 3.48. The Kier molecular flexibility index (Phi) is 3.17. The smallest absolute Gasteiger partial charge is 0.292 e. The average molecular weight is 252 g/mol. The highest BCUT2D eigenvalue weighted by Gasteiger charge is 2.16. The molecule has 1 atom stereocenters. The maximum Gasteiger partial charge on any atom is 0.292 e. The van der Waals surface area contributed by atoms with Crippen LogP contribution in [0.5, 0.6) is 0 Å². The maximum atomic E-state index is 9.86. The van der Waals surface area contributed by atoms with Crippen molar-refractivity contribution in [2.75, 3.05) is 4.43 Å². The van der Waals surface area contributed by atoms with Crippen molar-refractivity contribution in [1.82, 2.24) is 0 Å². The largest absolute Gasteiger partial charge is 0.374 e. The number of aliphatic hydroxyl groups is 1. The summed E-state index contributed by atoms with van der Waals surface area (Å²) in [6, 6.07) is 0. The van der Waals surface area contributed by atoms with E-state index in [9.17, 15) is 8.42 Å². The molecular weight excluding hydrogens is 247 g/mol. The third kappa shape index (κ3) is 2.80. The molecule has 0 heterocycles. The molecule has 8 heavy (non-hydrogen) atoms. The molecule has 0 rings (SSSR count). The summed E-state index contributed by atoms with van der Waals surface area (Å²) in [7, 11) is -4.20. The van der Waals surface area contributed by atoms with Gasteiger partial charge in [-0.15, -0.1) is 0 Å². The van der Waals surface area contributed by atoms with Crippen LogP contribution >= 0.6 is 22.6 Å². The molecule has 0 bridgehead atoms. The summed E-state index contributed by atoms with van der Waals surface area (Å²) in [5, 5.41) is 8.35. The molecule has 0 aliphatic carbocycles. The van der Waals surface area contributed by atoms with Gasteiger partial charge in [-0.25, -0.2) is 0 Å². The van der Waals surface area contributed by atoms with Gasteiger partial charge in [-0.3, -0.25) is 4.55 Å². The van der Waals surface area contributed by atoms with Gasteiger partial charge in [-0.1, -0.05) is 22.6 Å². The molecule has 6 heteroatoms. The van der Waals surface area contributed by atoms with Gasteiger partial charge in [0, 0.05) is 4.43 Å². The minimum absolute atomic E-state index is 0.0173. The van der Waals surface area contributed by atoms with Crippen molar-refractivity contribution < 1.29 is 18.1 Å². The van der Waals surface area contributed by atoms with E-state index in [-0.39, 0.29) is 4.43 Å². The Balaban J connectivity index is 4.04. The molecular formula is C2H5IO4S. The number of rotatable bonds is 2. The third-order valence-corrected chi connectivity index (χ3v) is 2.76. The Morgan fingerprint density at radius 2 is 2.00 bits per heavy atom. The number of aliphatic hydroxyl groups excluding tert-OH is 1. The molecule has 0 aromatic carbocycles. The van der Waals surface area contributed by atoms with Crippen LogP contribution in [0.25, 0.3) is 0 Å². The maximum absolute atomic E-state index is 9.86. The van der Waals surface area contributed by atoms with Crippen LogP contribution < -0.4 is 0 Å². The van der Waals surface area contributed by atoms with E-state index in [0.29, 0.717) is 0 Å². The lowest BCUT2D eigenvalue weighted by atomic mass is 10.9. The molecule has 0 saturated heterocycles. The van der Waals surface area contributed by atoms with E-state index >= 15 is 0 Å². The van der Waals surface area contributed by atoms with Gasteiger partial charge in [-0.05, 0) is 0 Å². The van der Waals surface area contributed by atoms with Gasteiger partial charge in [0.15, 0.2) is 5.44 Å². The second-order valence-electron chi connectivity index (χ2n) is 1.12. The normalized spacial score (nSPS) is 15.9. The van der Waals surface area contributed by atoms with Crippen molar-refractivity contribution in [3.05, 3.63) is 0 Å². The first-order valence-corrected chi connectivity index (χ1v) is 4.71. The summed E-state index contributed by atoms with van der Waals surface area (Å²) >= 11 is 1.65. The van der Waals surface area contributed by atoms with E-state index < -0.39 is 15.6 Å². The predicted molar refractivity (Wildman–Crippen MR) is 36.4 cm³/mol. The number of hydrogen-bond acceptors (Lipinski definition) is 3. The molecule has 0 saturated carbocycles. The van der Waals surface area contributed by atoms with E-state index in [1.165, 1.54) is 0 Å². The zero-order valence-corrected chi connectivity index (χ0v) is 6.76. The molecule has 50 valence electrons. The summed E-state index contributed by atoms with van der Waals surface area (Å²) in [5.74, 6) is 0. The van der Waals surface area contributed by atoms with Gasteiger partial charge < -0.3 is 5.11 Å². The minimum Gasteiger partial charge on any atom is -0.374 e. The van der Waals surface area contributed by atoms with Crippen LogP contribution in [0.4, 0.5) is 0 Å². The van der Waals surface area contributed by atoms with Crippen LogP contribution in [0.15, 0.2) is 0 Å². The molecule has 0 aromatic rings. The highest BCUT2D eigenvalue weighted by molar-refractivity contribution is 14.1. The quantitative estimate of drug-likeness (QED) is 0.399. The van der Waals surface area contributed by atoms with Crippen molar-refractivity contribution in [1.29, 1.82) is 0 Å². The first-order valence-electron chi connectivity index (χ1n) is 1.69. The van der Waals surface area contributed by atoms with E-state index in [0.717, 1.165) is 0 Å². The number of halogens is 1. The molecule has 0 aromatic heterocycles. The van der Waals surface area contributed by atoms with E-state index in [1.54, 1.807) is 22.6 Å². The van der Waals surface area contributed by atoms with Crippen LogP contribution in [0.3, 0.4) is 0 Å². The molecule has 0 aliphatic heterocycles. The zero-order chi connectivity index (χ0) is 6.78. The SMILES string of the molecule is O=S(=O)(O)C(O)CI. The van der Waals surface area contributed by atoms with Crippen molar-refractivity contribution >= 4 is 32.7 Å².